The van der Waals surface area contributed by atoms with E-state index in [1.54, 1.807) is 32.0 Å². The molecule has 0 radical (unpaired) electrons. The standard InChI is InChI=1S/C18H17F3N4O3/c1-10-8-28-15-5-12(23-9-26)3-4-14(15)25(17(10)27)11(2)13-6-22-7-16(24-13)18(19,20)21/h3-7,9-11H,8H2,1-2H3,(H,23,26). The van der Waals surface area contributed by atoms with Crippen molar-refractivity contribution < 1.29 is 27.5 Å². The van der Waals surface area contributed by atoms with Crippen LogP contribution in [0.15, 0.2) is 30.6 Å². The normalized spacial score (nSPS) is 18.0. The van der Waals surface area contributed by atoms with Crippen LogP contribution < -0.4 is 15.0 Å². The zero-order valence-corrected chi connectivity index (χ0v) is 15.0. The van der Waals surface area contributed by atoms with Crippen molar-refractivity contribution in [2.24, 2.45) is 5.92 Å². The topological polar surface area (TPSA) is 84.4 Å². The Kier molecular flexibility index (Phi) is 5.21. The van der Waals surface area contributed by atoms with Gasteiger partial charge in [0.1, 0.15) is 5.75 Å². The van der Waals surface area contributed by atoms with Crippen molar-refractivity contribution in [3.8, 4) is 5.75 Å². The molecule has 1 aliphatic heterocycles. The molecular weight excluding hydrogens is 377 g/mol. The monoisotopic (exact) mass is 394 g/mol. The van der Waals surface area contributed by atoms with Crippen LogP contribution in [0.3, 0.4) is 0 Å². The van der Waals surface area contributed by atoms with Crippen molar-refractivity contribution >= 4 is 23.7 Å². The van der Waals surface area contributed by atoms with Gasteiger partial charge in [-0.3, -0.25) is 19.5 Å². The zero-order chi connectivity index (χ0) is 20.5. The fourth-order valence-electron chi connectivity index (χ4n) is 2.88. The molecule has 1 aromatic heterocycles. The second-order valence-electron chi connectivity index (χ2n) is 6.37. The smallest absolute Gasteiger partial charge is 0.434 e. The van der Waals surface area contributed by atoms with Gasteiger partial charge in [0.15, 0.2) is 5.69 Å². The van der Waals surface area contributed by atoms with Crippen LogP contribution in [-0.4, -0.2) is 28.9 Å². The molecule has 2 atom stereocenters. The summed E-state index contributed by atoms with van der Waals surface area (Å²) < 4.78 is 44.7. The second kappa shape index (κ2) is 7.45. The summed E-state index contributed by atoms with van der Waals surface area (Å²) in [6, 6.07) is 3.86. The van der Waals surface area contributed by atoms with E-state index in [1.165, 1.54) is 11.1 Å². The van der Waals surface area contributed by atoms with Crippen molar-refractivity contribution in [1.29, 1.82) is 0 Å². The van der Waals surface area contributed by atoms with E-state index in [1.807, 2.05) is 0 Å². The summed E-state index contributed by atoms with van der Waals surface area (Å²) in [5.41, 5.74) is -0.299. The lowest BCUT2D eigenvalue weighted by molar-refractivity contribution is -0.141. The Labute approximate surface area is 158 Å². The van der Waals surface area contributed by atoms with Gasteiger partial charge in [0.2, 0.25) is 12.3 Å². The van der Waals surface area contributed by atoms with Crippen LogP contribution in [0.4, 0.5) is 24.5 Å². The predicted octanol–water partition coefficient (Wildman–Crippen LogP) is 3.19. The minimum absolute atomic E-state index is 0.00156. The molecule has 0 spiro atoms. The van der Waals surface area contributed by atoms with Crippen molar-refractivity contribution in [1.82, 2.24) is 9.97 Å². The number of benzene rings is 1. The van der Waals surface area contributed by atoms with Crippen LogP contribution in [0.5, 0.6) is 5.75 Å². The molecule has 3 rings (SSSR count). The van der Waals surface area contributed by atoms with Gasteiger partial charge in [-0.25, -0.2) is 4.98 Å². The van der Waals surface area contributed by atoms with Crippen LogP contribution in [-0.2, 0) is 15.8 Å². The quantitative estimate of drug-likeness (QED) is 0.806. The van der Waals surface area contributed by atoms with E-state index in [-0.39, 0.29) is 18.2 Å². The predicted molar refractivity (Wildman–Crippen MR) is 93.7 cm³/mol. The number of ether oxygens (including phenoxy) is 1. The van der Waals surface area contributed by atoms with Gasteiger partial charge in [-0.05, 0) is 19.1 Å². The highest BCUT2D eigenvalue weighted by Gasteiger charge is 2.36. The van der Waals surface area contributed by atoms with Gasteiger partial charge in [0, 0.05) is 11.8 Å². The number of anilines is 2. The number of aromatic nitrogens is 2. The first kappa shape index (κ1) is 19.6. The number of carbonyl (C=O) groups excluding carboxylic acids is 2. The highest BCUT2D eigenvalue weighted by Crippen LogP contribution is 2.39. The Morgan fingerprint density at radius 1 is 1.36 bits per heavy atom. The number of rotatable bonds is 4. The number of carbonyl (C=O) groups is 2. The van der Waals surface area contributed by atoms with Crippen molar-refractivity contribution in [3.63, 3.8) is 0 Å². The number of halogens is 3. The molecule has 1 aromatic carbocycles. The Bertz CT molecular complexity index is 904. The van der Waals surface area contributed by atoms with Crippen LogP contribution >= 0.6 is 0 Å². The summed E-state index contributed by atoms with van der Waals surface area (Å²) >= 11 is 0. The maximum Gasteiger partial charge on any atom is 0.434 e. The van der Waals surface area contributed by atoms with Gasteiger partial charge in [-0.15, -0.1) is 0 Å². The maximum atomic E-state index is 13.0. The minimum atomic E-state index is -4.64. The van der Waals surface area contributed by atoms with E-state index in [0.717, 1.165) is 0 Å². The third-order valence-electron chi connectivity index (χ3n) is 4.35. The molecule has 148 valence electrons. The van der Waals surface area contributed by atoms with Crippen LogP contribution in [0, 0.1) is 5.92 Å². The summed E-state index contributed by atoms with van der Waals surface area (Å²) in [5.74, 6) is -0.519. The average molecular weight is 394 g/mol. The minimum Gasteiger partial charge on any atom is -0.491 e. The molecule has 7 nitrogen and oxygen atoms in total. The fourth-order valence-corrected chi connectivity index (χ4v) is 2.88. The first-order chi connectivity index (χ1) is 13.2. The number of alkyl halides is 3. The summed E-state index contributed by atoms with van der Waals surface area (Å²) in [6.07, 6.45) is -2.30. The van der Waals surface area contributed by atoms with Gasteiger partial charge < -0.3 is 10.1 Å². The van der Waals surface area contributed by atoms with E-state index < -0.39 is 23.8 Å². The molecule has 0 saturated carbocycles. The molecule has 2 unspecified atom stereocenters. The third-order valence-corrected chi connectivity index (χ3v) is 4.35. The van der Waals surface area contributed by atoms with E-state index in [0.29, 0.717) is 29.7 Å². The number of nitrogens with one attached hydrogen (secondary N) is 1. The van der Waals surface area contributed by atoms with E-state index in [4.69, 9.17) is 4.74 Å². The zero-order valence-electron chi connectivity index (χ0n) is 15.0. The number of amides is 2. The van der Waals surface area contributed by atoms with Crippen LogP contribution in [0.1, 0.15) is 31.3 Å². The SMILES string of the molecule is CC1COc2cc(NC=O)ccc2N(C(C)c2cncc(C(F)(F)F)n2)C1=O. The molecule has 10 heteroatoms. The molecule has 2 amide bonds. The van der Waals surface area contributed by atoms with Crippen LogP contribution in [0.2, 0.25) is 0 Å². The van der Waals surface area contributed by atoms with E-state index in [9.17, 15) is 22.8 Å². The number of hydrogen-bond acceptors (Lipinski definition) is 5. The number of fused-ring (bicyclic) bond motifs is 1. The lowest BCUT2D eigenvalue weighted by Crippen LogP contribution is -2.38. The largest absolute Gasteiger partial charge is 0.491 e. The molecule has 0 bridgehead atoms. The molecule has 2 aromatic rings. The molecule has 1 aliphatic rings. The van der Waals surface area contributed by atoms with Gasteiger partial charge >= 0.3 is 6.18 Å². The van der Waals surface area contributed by atoms with Gasteiger partial charge in [-0.2, -0.15) is 13.2 Å². The maximum absolute atomic E-state index is 13.0. The molecule has 0 saturated heterocycles. The highest BCUT2D eigenvalue weighted by atomic mass is 19.4. The molecule has 28 heavy (non-hydrogen) atoms. The first-order valence-electron chi connectivity index (χ1n) is 8.41. The highest BCUT2D eigenvalue weighted by molar-refractivity contribution is 5.98. The van der Waals surface area contributed by atoms with Gasteiger partial charge in [0.25, 0.3) is 0 Å². The first-order valence-corrected chi connectivity index (χ1v) is 8.41. The molecular formula is C18H17F3N4O3. The van der Waals surface area contributed by atoms with Gasteiger partial charge in [0.05, 0.1) is 42.3 Å². The van der Waals surface area contributed by atoms with Crippen LogP contribution in [0.25, 0.3) is 0 Å². The lowest BCUT2D eigenvalue weighted by atomic mass is 10.1. The Hall–Kier alpha value is -3.17. The Morgan fingerprint density at radius 3 is 2.79 bits per heavy atom. The summed E-state index contributed by atoms with van der Waals surface area (Å²) in [6.45, 7) is 3.33. The summed E-state index contributed by atoms with van der Waals surface area (Å²) in [4.78, 5) is 32.2. The lowest BCUT2D eigenvalue weighted by Gasteiger charge is -2.29. The molecule has 0 aliphatic carbocycles. The van der Waals surface area contributed by atoms with E-state index in [2.05, 4.69) is 15.3 Å². The average Bonchev–Trinajstić information content (AvgIpc) is 2.78. The summed E-state index contributed by atoms with van der Waals surface area (Å²) in [7, 11) is 0. The Morgan fingerprint density at radius 2 is 2.11 bits per heavy atom. The van der Waals surface area contributed by atoms with Gasteiger partial charge in [-0.1, -0.05) is 6.92 Å². The van der Waals surface area contributed by atoms with Crippen molar-refractivity contribution in [3.05, 3.63) is 42.0 Å². The second-order valence-corrected chi connectivity index (χ2v) is 6.37. The number of hydrogen-bond donors (Lipinski definition) is 1. The Balaban J connectivity index is 2.06. The van der Waals surface area contributed by atoms with E-state index >= 15 is 0 Å². The third kappa shape index (κ3) is 3.75. The number of nitrogens with zero attached hydrogens (tertiary/aromatic N) is 3. The van der Waals surface area contributed by atoms with Crippen molar-refractivity contribution in [2.75, 3.05) is 16.8 Å². The molecule has 1 N–H and O–H groups in total. The van der Waals surface area contributed by atoms with Crippen molar-refractivity contribution in [2.45, 2.75) is 26.1 Å². The molecule has 0 fully saturated rings. The molecule has 2 heterocycles. The fraction of sp³-hybridized carbons (Fsp3) is 0.333. The summed E-state index contributed by atoms with van der Waals surface area (Å²) in [5, 5.41) is 2.49.